The minimum absolute atomic E-state index is 0.0370. The fourth-order valence-electron chi connectivity index (χ4n) is 5.00. The van der Waals surface area contributed by atoms with Crippen molar-refractivity contribution < 1.29 is 27.5 Å². The summed E-state index contributed by atoms with van der Waals surface area (Å²) in [6, 6.07) is 23.3. The SMILES string of the molecule is COc1cc(C2c3c(oc4ccc(F)cc4c3=O)C(=O)N2Cc2ccc(F)cc2)ccc1OCc1ccccc1. The standard InChI is InChI=1S/C32H23F2NO5/c1-38-27-15-21(9-13-26(27)39-18-20-5-3-2-4-6-20)29-28-30(36)24-16-23(34)12-14-25(24)40-31(28)32(37)35(29)17-19-7-10-22(33)11-8-19/h2-16,29H,17-18H2,1H3. The first-order chi connectivity index (χ1) is 19.4. The van der Waals surface area contributed by atoms with Crippen LogP contribution in [-0.4, -0.2) is 17.9 Å². The molecule has 1 aliphatic rings. The Bertz CT molecular complexity index is 1780. The van der Waals surface area contributed by atoms with Crippen LogP contribution >= 0.6 is 0 Å². The highest BCUT2D eigenvalue weighted by Gasteiger charge is 2.43. The van der Waals surface area contributed by atoms with Gasteiger partial charge in [-0.1, -0.05) is 48.5 Å². The second-order valence-corrected chi connectivity index (χ2v) is 9.46. The van der Waals surface area contributed by atoms with Crippen molar-refractivity contribution in [3.8, 4) is 11.5 Å². The van der Waals surface area contributed by atoms with E-state index in [1.165, 1.54) is 36.3 Å². The van der Waals surface area contributed by atoms with E-state index < -0.39 is 29.0 Å². The van der Waals surface area contributed by atoms with Crippen molar-refractivity contribution in [1.29, 1.82) is 0 Å². The number of carbonyl (C=O) groups excluding carboxylic acids is 1. The Morgan fingerprint density at radius 3 is 2.33 bits per heavy atom. The third-order valence-electron chi connectivity index (χ3n) is 6.93. The first-order valence-corrected chi connectivity index (χ1v) is 12.6. The van der Waals surface area contributed by atoms with Crippen molar-refractivity contribution in [1.82, 2.24) is 4.90 Å². The molecular weight excluding hydrogens is 516 g/mol. The van der Waals surface area contributed by atoms with Gasteiger partial charge in [0.2, 0.25) is 5.76 Å². The van der Waals surface area contributed by atoms with E-state index in [1.807, 2.05) is 30.3 Å². The number of ether oxygens (including phenoxy) is 2. The van der Waals surface area contributed by atoms with E-state index in [1.54, 1.807) is 30.3 Å². The van der Waals surface area contributed by atoms with Crippen molar-refractivity contribution >= 4 is 16.9 Å². The van der Waals surface area contributed by atoms with Gasteiger partial charge in [-0.15, -0.1) is 0 Å². The molecule has 0 radical (unpaired) electrons. The number of methoxy groups -OCH3 is 1. The average Bonchev–Trinajstić information content (AvgIpc) is 3.25. The predicted octanol–water partition coefficient (Wildman–Crippen LogP) is 6.40. The van der Waals surface area contributed by atoms with Gasteiger partial charge in [0.25, 0.3) is 5.91 Å². The first kappa shape index (κ1) is 25.3. The zero-order chi connectivity index (χ0) is 27.8. The van der Waals surface area contributed by atoms with Crippen molar-refractivity contribution in [3.63, 3.8) is 0 Å². The van der Waals surface area contributed by atoms with E-state index in [-0.39, 0.29) is 28.8 Å². The first-order valence-electron chi connectivity index (χ1n) is 12.6. The van der Waals surface area contributed by atoms with Crippen molar-refractivity contribution in [3.05, 3.63) is 141 Å². The van der Waals surface area contributed by atoms with Crippen LogP contribution in [0.4, 0.5) is 8.78 Å². The average molecular weight is 540 g/mol. The monoisotopic (exact) mass is 539 g/mol. The van der Waals surface area contributed by atoms with E-state index in [9.17, 15) is 18.4 Å². The lowest BCUT2D eigenvalue weighted by Gasteiger charge is -2.26. The van der Waals surface area contributed by atoms with E-state index in [4.69, 9.17) is 13.9 Å². The Kier molecular flexibility index (Phi) is 6.51. The number of carbonyl (C=O) groups is 1. The van der Waals surface area contributed by atoms with E-state index >= 15 is 0 Å². The molecule has 1 atom stereocenters. The van der Waals surface area contributed by atoms with Gasteiger partial charge in [-0.25, -0.2) is 8.78 Å². The number of rotatable bonds is 7. The molecule has 0 saturated heterocycles. The highest BCUT2D eigenvalue weighted by molar-refractivity contribution is 5.99. The summed E-state index contributed by atoms with van der Waals surface area (Å²) in [5.74, 6) is -0.720. The molecule has 0 N–H and O–H groups in total. The fraction of sp³-hybridized carbons (Fsp3) is 0.125. The molecule has 1 amide bonds. The maximum atomic E-state index is 14.1. The number of nitrogens with zero attached hydrogens (tertiary/aromatic N) is 1. The number of halogens is 2. The van der Waals surface area contributed by atoms with Crippen LogP contribution in [0.3, 0.4) is 0 Å². The summed E-state index contributed by atoms with van der Waals surface area (Å²) < 4.78 is 45.1. The highest BCUT2D eigenvalue weighted by atomic mass is 19.1. The van der Waals surface area contributed by atoms with Gasteiger partial charge in [0.05, 0.1) is 24.1 Å². The number of benzene rings is 4. The maximum Gasteiger partial charge on any atom is 0.291 e. The molecule has 8 heteroatoms. The minimum atomic E-state index is -0.867. The van der Waals surface area contributed by atoms with Crippen molar-refractivity contribution in [2.75, 3.05) is 7.11 Å². The van der Waals surface area contributed by atoms with Gasteiger partial charge in [0.1, 0.15) is 23.8 Å². The van der Waals surface area contributed by atoms with Gasteiger partial charge < -0.3 is 18.8 Å². The molecule has 2 heterocycles. The molecule has 0 fully saturated rings. The lowest BCUT2D eigenvalue weighted by molar-refractivity contribution is 0.0714. The molecule has 1 aromatic heterocycles. The molecule has 0 aliphatic carbocycles. The number of amides is 1. The van der Waals surface area contributed by atoms with Gasteiger partial charge in [0, 0.05) is 6.54 Å². The van der Waals surface area contributed by atoms with E-state index in [0.29, 0.717) is 29.2 Å². The maximum absolute atomic E-state index is 14.1. The molecular formula is C32H23F2NO5. The number of fused-ring (bicyclic) bond motifs is 2. The molecule has 6 rings (SSSR count). The summed E-state index contributed by atoms with van der Waals surface area (Å²) >= 11 is 0. The molecule has 4 aromatic carbocycles. The van der Waals surface area contributed by atoms with Crippen LogP contribution in [-0.2, 0) is 13.2 Å². The zero-order valence-electron chi connectivity index (χ0n) is 21.4. The van der Waals surface area contributed by atoms with Crippen LogP contribution in [0.1, 0.15) is 38.9 Å². The van der Waals surface area contributed by atoms with Crippen molar-refractivity contribution in [2.45, 2.75) is 19.2 Å². The molecule has 40 heavy (non-hydrogen) atoms. The smallest absolute Gasteiger partial charge is 0.291 e. The van der Waals surface area contributed by atoms with Gasteiger partial charge in [-0.2, -0.15) is 0 Å². The quantitative estimate of drug-likeness (QED) is 0.239. The molecule has 5 aromatic rings. The number of hydrogen-bond acceptors (Lipinski definition) is 5. The molecule has 0 saturated carbocycles. The molecule has 200 valence electrons. The Balaban J connectivity index is 1.45. The largest absolute Gasteiger partial charge is 0.493 e. The van der Waals surface area contributed by atoms with Gasteiger partial charge in [0.15, 0.2) is 16.9 Å². The number of hydrogen-bond donors (Lipinski definition) is 0. The van der Waals surface area contributed by atoms with E-state index in [2.05, 4.69) is 0 Å². The van der Waals surface area contributed by atoms with Crippen LogP contribution in [0.2, 0.25) is 0 Å². The van der Waals surface area contributed by atoms with Crippen LogP contribution in [0.25, 0.3) is 11.0 Å². The normalized spacial score (nSPS) is 14.4. The summed E-state index contributed by atoms with van der Waals surface area (Å²) in [6.07, 6.45) is 0. The predicted molar refractivity (Wildman–Crippen MR) is 144 cm³/mol. The molecule has 6 nitrogen and oxygen atoms in total. The molecule has 0 spiro atoms. The van der Waals surface area contributed by atoms with Crippen LogP contribution in [0.15, 0.2) is 100 Å². The lowest BCUT2D eigenvalue weighted by Crippen LogP contribution is -2.29. The van der Waals surface area contributed by atoms with Crippen LogP contribution < -0.4 is 14.9 Å². The lowest BCUT2D eigenvalue weighted by atomic mass is 9.97. The summed E-state index contributed by atoms with van der Waals surface area (Å²) in [4.78, 5) is 28.9. The zero-order valence-corrected chi connectivity index (χ0v) is 21.4. The highest BCUT2D eigenvalue weighted by Crippen LogP contribution is 2.42. The summed E-state index contributed by atoms with van der Waals surface area (Å²) in [6.45, 7) is 0.395. The third kappa shape index (κ3) is 4.58. The summed E-state index contributed by atoms with van der Waals surface area (Å²) in [7, 11) is 1.50. The topological polar surface area (TPSA) is 69.0 Å². The Morgan fingerprint density at radius 2 is 1.57 bits per heavy atom. The summed E-state index contributed by atoms with van der Waals surface area (Å²) in [5, 5.41) is 0.0370. The van der Waals surface area contributed by atoms with Gasteiger partial charge in [-0.05, 0) is 59.2 Å². The Hall–Kier alpha value is -4.98. The van der Waals surface area contributed by atoms with Gasteiger partial charge in [-0.3, -0.25) is 9.59 Å². The fourth-order valence-corrected chi connectivity index (χ4v) is 5.00. The molecule has 1 aliphatic heterocycles. The van der Waals surface area contributed by atoms with Crippen LogP contribution in [0.5, 0.6) is 11.5 Å². The van der Waals surface area contributed by atoms with Gasteiger partial charge >= 0.3 is 0 Å². The summed E-state index contributed by atoms with van der Waals surface area (Å²) in [5.41, 5.74) is 1.92. The third-order valence-corrected chi connectivity index (χ3v) is 6.93. The molecule has 0 bridgehead atoms. The van der Waals surface area contributed by atoms with Crippen LogP contribution in [0, 0.1) is 11.6 Å². The second-order valence-electron chi connectivity index (χ2n) is 9.46. The van der Waals surface area contributed by atoms with E-state index in [0.717, 1.165) is 11.6 Å². The second kappa shape index (κ2) is 10.3. The minimum Gasteiger partial charge on any atom is -0.493 e. The molecule has 1 unspecified atom stereocenters. The Labute approximate surface area is 228 Å². The van der Waals surface area contributed by atoms with Crippen molar-refractivity contribution in [2.24, 2.45) is 0 Å². The Morgan fingerprint density at radius 1 is 0.825 bits per heavy atom.